The van der Waals surface area contributed by atoms with Gasteiger partial charge in [0.2, 0.25) is 0 Å². The molecule has 0 amide bonds. The number of anilines is 1. The largest absolute Gasteiger partial charge is 0.508 e. The summed E-state index contributed by atoms with van der Waals surface area (Å²) in [5.74, 6) is 1.15. The highest BCUT2D eigenvalue weighted by molar-refractivity contribution is 7.86. The van der Waals surface area contributed by atoms with Crippen LogP contribution in [0.3, 0.4) is 0 Å². The number of aromatic hydroxyl groups is 1. The van der Waals surface area contributed by atoms with Crippen molar-refractivity contribution in [3.05, 3.63) is 47.7 Å². The standard InChI is InChI=1S/C33H30F3N5O3S/c1-2-23-26(35)7-4-18-10-20(42)11-24(27(18)23)29-28(36)30-25(13-37-29)31(40-15-21-5-6-22(16-40)45(21)43)39-32(38-30)44-17-33-8-3-9-41(33)14-19(34)12-33/h1,4,7,10-11,13,19,21-22,42H,3,5-6,8-9,12,14-17H2/t19-,21?,22?,33+,45?/m1/s1. The lowest BCUT2D eigenvalue weighted by atomic mass is 9.95. The average Bonchev–Trinajstić information content (AvgIpc) is 3.60. The van der Waals surface area contributed by atoms with E-state index in [0.717, 1.165) is 32.2 Å². The van der Waals surface area contributed by atoms with Gasteiger partial charge in [-0.05, 0) is 55.8 Å². The van der Waals surface area contributed by atoms with Gasteiger partial charge < -0.3 is 14.7 Å². The molecule has 2 unspecified atom stereocenters. The fourth-order valence-corrected chi connectivity index (χ4v) is 9.80. The SMILES string of the molecule is C#Cc1c(F)ccc2cc(O)cc(-c3ncc4c(N5CC6CCC(C5)S6=O)nc(OC[C@@]56CCCN5C[C@H](F)C6)nc4c3F)c12. The summed E-state index contributed by atoms with van der Waals surface area (Å²) in [5, 5.41) is 11.5. The molecule has 4 aliphatic rings. The van der Waals surface area contributed by atoms with Gasteiger partial charge in [-0.3, -0.25) is 14.1 Å². The molecule has 4 atom stereocenters. The molecule has 8 nitrogen and oxygen atoms in total. The number of phenols is 1. The lowest BCUT2D eigenvalue weighted by Gasteiger charge is -2.33. The van der Waals surface area contributed by atoms with Gasteiger partial charge >= 0.3 is 6.01 Å². The molecule has 4 aliphatic heterocycles. The van der Waals surface area contributed by atoms with Gasteiger partial charge in [-0.15, -0.1) is 6.42 Å². The minimum Gasteiger partial charge on any atom is -0.508 e. The molecule has 12 heteroatoms. The van der Waals surface area contributed by atoms with Gasteiger partial charge in [-0.1, -0.05) is 12.0 Å². The highest BCUT2D eigenvalue weighted by atomic mass is 32.2. The summed E-state index contributed by atoms with van der Waals surface area (Å²) in [4.78, 5) is 17.8. The van der Waals surface area contributed by atoms with E-state index in [2.05, 4.69) is 20.8 Å². The van der Waals surface area contributed by atoms with Crippen molar-refractivity contribution in [3.8, 4) is 35.4 Å². The molecule has 2 aromatic carbocycles. The Morgan fingerprint density at radius 3 is 2.73 bits per heavy atom. The van der Waals surface area contributed by atoms with Crippen molar-refractivity contribution in [1.29, 1.82) is 0 Å². The number of rotatable bonds is 5. The van der Waals surface area contributed by atoms with E-state index in [1.54, 1.807) is 0 Å². The molecule has 4 fully saturated rings. The molecule has 0 radical (unpaired) electrons. The number of halogens is 3. The van der Waals surface area contributed by atoms with E-state index >= 15 is 4.39 Å². The smallest absolute Gasteiger partial charge is 0.319 e. The van der Waals surface area contributed by atoms with Gasteiger partial charge in [0.15, 0.2) is 5.82 Å². The van der Waals surface area contributed by atoms with Crippen LogP contribution in [0.25, 0.3) is 32.9 Å². The molecule has 2 aromatic heterocycles. The fourth-order valence-electron chi connectivity index (χ4n) is 7.86. The summed E-state index contributed by atoms with van der Waals surface area (Å²) in [6.07, 6.45) is 9.97. The number of nitrogens with zero attached hydrogens (tertiary/aromatic N) is 5. The quantitative estimate of drug-likeness (QED) is 0.312. The molecule has 45 heavy (non-hydrogen) atoms. The molecule has 2 bridgehead atoms. The molecule has 0 spiro atoms. The summed E-state index contributed by atoms with van der Waals surface area (Å²) in [6, 6.07) is 5.35. The van der Waals surface area contributed by atoms with E-state index in [1.807, 2.05) is 4.90 Å². The number of alkyl halides is 1. The number of terminal acetylenes is 1. The summed E-state index contributed by atoms with van der Waals surface area (Å²) in [6.45, 7) is 2.30. The Bertz CT molecular complexity index is 1940. The maximum atomic E-state index is 16.8. The van der Waals surface area contributed by atoms with Crippen molar-refractivity contribution in [3.63, 3.8) is 0 Å². The van der Waals surface area contributed by atoms with Crippen molar-refractivity contribution in [2.75, 3.05) is 37.7 Å². The topological polar surface area (TPSA) is 91.7 Å². The minimum absolute atomic E-state index is 0.0168. The summed E-state index contributed by atoms with van der Waals surface area (Å²) in [5.41, 5.74) is -0.651. The number of phenolic OH excluding ortho intramolecular Hbond substituents is 1. The third-order valence-electron chi connectivity index (χ3n) is 9.94. The van der Waals surface area contributed by atoms with Crippen LogP contribution in [-0.2, 0) is 10.8 Å². The molecule has 8 rings (SSSR count). The zero-order valence-corrected chi connectivity index (χ0v) is 25.1. The van der Waals surface area contributed by atoms with Crippen LogP contribution in [0.1, 0.15) is 37.7 Å². The summed E-state index contributed by atoms with van der Waals surface area (Å²) in [7, 11) is -0.936. The number of fused-ring (bicyclic) bond motifs is 5. The van der Waals surface area contributed by atoms with Crippen molar-refractivity contribution in [2.45, 2.75) is 54.3 Å². The Morgan fingerprint density at radius 1 is 1.16 bits per heavy atom. The fraction of sp³-hybridized carbons (Fsp3) is 0.424. The Kier molecular flexibility index (Phi) is 6.69. The van der Waals surface area contributed by atoms with E-state index in [9.17, 15) is 18.1 Å². The molecule has 1 N–H and O–H groups in total. The van der Waals surface area contributed by atoms with Crippen LogP contribution < -0.4 is 9.64 Å². The maximum absolute atomic E-state index is 16.8. The lowest BCUT2D eigenvalue weighted by molar-refractivity contribution is 0.107. The Hall–Kier alpha value is -3.95. The van der Waals surface area contributed by atoms with Crippen molar-refractivity contribution < 1.29 is 27.2 Å². The highest BCUT2D eigenvalue weighted by Gasteiger charge is 2.49. The molecule has 6 heterocycles. The number of benzene rings is 2. The second-order valence-electron chi connectivity index (χ2n) is 12.6. The average molecular weight is 634 g/mol. The van der Waals surface area contributed by atoms with Gasteiger partial charge in [-0.25, -0.2) is 13.2 Å². The normalized spacial score (nSPS) is 27.7. The summed E-state index contributed by atoms with van der Waals surface area (Å²) < 4.78 is 65.0. The van der Waals surface area contributed by atoms with E-state index in [4.69, 9.17) is 16.1 Å². The van der Waals surface area contributed by atoms with Crippen LogP contribution in [0.2, 0.25) is 0 Å². The number of aromatic nitrogens is 3. The first-order valence-electron chi connectivity index (χ1n) is 15.2. The van der Waals surface area contributed by atoms with Crippen LogP contribution in [-0.4, -0.2) is 84.2 Å². The highest BCUT2D eigenvalue weighted by Crippen LogP contribution is 2.42. The Balaban J connectivity index is 1.28. The first-order valence-corrected chi connectivity index (χ1v) is 16.5. The van der Waals surface area contributed by atoms with E-state index in [-0.39, 0.29) is 56.6 Å². The number of pyridine rings is 1. The second-order valence-corrected chi connectivity index (χ2v) is 14.6. The maximum Gasteiger partial charge on any atom is 0.319 e. The summed E-state index contributed by atoms with van der Waals surface area (Å²) >= 11 is 0. The van der Waals surface area contributed by atoms with Crippen LogP contribution in [0.5, 0.6) is 11.8 Å². The number of hydrogen-bond acceptors (Lipinski definition) is 8. The van der Waals surface area contributed by atoms with Crippen LogP contribution >= 0.6 is 0 Å². The van der Waals surface area contributed by atoms with Gasteiger partial charge in [-0.2, -0.15) is 9.97 Å². The monoisotopic (exact) mass is 633 g/mol. The third-order valence-corrected chi connectivity index (χ3v) is 12.0. The van der Waals surface area contributed by atoms with Crippen molar-refractivity contribution in [1.82, 2.24) is 19.9 Å². The number of hydrogen-bond donors (Lipinski definition) is 1. The molecular weight excluding hydrogens is 603 g/mol. The molecule has 4 aromatic rings. The number of ether oxygens (including phenoxy) is 1. The molecule has 232 valence electrons. The zero-order valence-electron chi connectivity index (χ0n) is 24.3. The zero-order chi connectivity index (χ0) is 31.0. The molecular formula is C33H30F3N5O3S. The predicted molar refractivity (Wildman–Crippen MR) is 166 cm³/mol. The molecule has 0 aliphatic carbocycles. The van der Waals surface area contributed by atoms with Crippen LogP contribution in [0, 0.1) is 24.0 Å². The van der Waals surface area contributed by atoms with Crippen molar-refractivity contribution in [2.24, 2.45) is 0 Å². The minimum atomic E-state index is -0.937. The third kappa shape index (κ3) is 4.54. The van der Waals surface area contributed by atoms with E-state index in [1.165, 1.54) is 30.5 Å². The van der Waals surface area contributed by atoms with Crippen LogP contribution in [0.4, 0.5) is 19.0 Å². The van der Waals surface area contributed by atoms with Crippen LogP contribution in [0.15, 0.2) is 30.5 Å². The van der Waals surface area contributed by atoms with E-state index < -0.39 is 34.1 Å². The van der Waals surface area contributed by atoms with Gasteiger partial charge in [0.05, 0.1) is 27.0 Å². The van der Waals surface area contributed by atoms with Gasteiger partial charge in [0.1, 0.15) is 41.4 Å². The first kappa shape index (κ1) is 28.5. The predicted octanol–water partition coefficient (Wildman–Crippen LogP) is 4.87. The second kappa shape index (κ2) is 10.6. The molecule has 4 saturated heterocycles. The first-order chi connectivity index (χ1) is 21.7. The van der Waals surface area contributed by atoms with E-state index in [0.29, 0.717) is 42.6 Å². The van der Waals surface area contributed by atoms with Gasteiger partial charge in [0, 0.05) is 54.0 Å². The molecule has 0 saturated carbocycles. The van der Waals surface area contributed by atoms with Gasteiger partial charge in [0.25, 0.3) is 0 Å². The lowest BCUT2D eigenvalue weighted by Crippen LogP contribution is -2.45. The van der Waals surface area contributed by atoms with Crippen molar-refractivity contribution >= 4 is 38.3 Å². The Labute approximate surface area is 260 Å². The Morgan fingerprint density at radius 2 is 1.96 bits per heavy atom.